The van der Waals surface area contributed by atoms with Gasteiger partial charge in [0.15, 0.2) is 0 Å². The van der Waals surface area contributed by atoms with E-state index in [-0.39, 0.29) is 17.8 Å². The molecular weight excluding hydrogens is 226 g/mol. The van der Waals surface area contributed by atoms with Crippen LogP contribution >= 0.6 is 11.6 Å². The topological polar surface area (TPSA) is 39.2 Å². The van der Waals surface area contributed by atoms with Crippen molar-refractivity contribution in [3.8, 4) is 0 Å². The van der Waals surface area contributed by atoms with E-state index >= 15 is 0 Å². The Morgan fingerprint density at radius 2 is 2.50 bits per heavy atom. The largest absolute Gasteiger partial charge is 0.378 e. The van der Waals surface area contributed by atoms with Gasteiger partial charge in [-0.05, 0) is 25.0 Å². The lowest BCUT2D eigenvalue weighted by Crippen LogP contribution is -2.17. The normalized spacial score (nSPS) is 24.6. The van der Waals surface area contributed by atoms with Gasteiger partial charge in [-0.3, -0.25) is 9.78 Å². The molecule has 86 valence electrons. The highest BCUT2D eigenvalue weighted by Gasteiger charge is 2.28. The lowest BCUT2D eigenvalue weighted by atomic mass is 9.96. The molecule has 4 heteroatoms. The third-order valence-electron chi connectivity index (χ3n) is 2.87. The van der Waals surface area contributed by atoms with Gasteiger partial charge in [-0.2, -0.15) is 0 Å². The van der Waals surface area contributed by atoms with Gasteiger partial charge in [0.05, 0.1) is 17.7 Å². The fourth-order valence-corrected chi connectivity index (χ4v) is 2.11. The maximum absolute atomic E-state index is 12.0. The third kappa shape index (κ3) is 2.60. The minimum Gasteiger partial charge on any atom is -0.378 e. The number of nitrogens with zero attached hydrogens (tertiary/aromatic N) is 1. The van der Waals surface area contributed by atoms with E-state index < -0.39 is 0 Å². The van der Waals surface area contributed by atoms with Gasteiger partial charge in [-0.15, -0.1) is 0 Å². The van der Waals surface area contributed by atoms with Crippen molar-refractivity contribution in [2.75, 3.05) is 6.61 Å². The zero-order valence-corrected chi connectivity index (χ0v) is 9.91. The number of rotatable bonds is 3. The molecule has 2 rings (SSSR count). The van der Waals surface area contributed by atoms with Crippen molar-refractivity contribution in [3.63, 3.8) is 0 Å². The number of carbonyl (C=O) groups is 1. The Morgan fingerprint density at radius 3 is 3.12 bits per heavy atom. The summed E-state index contributed by atoms with van der Waals surface area (Å²) in [4.78, 5) is 15.8. The van der Waals surface area contributed by atoms with Gasteiger partial charge < -0.3 is 4.74 Å². The van der Waals surface area contributed by atoms with Crippen molar-refractivity contribution in [1.82, 2.24) is 4.98 Å². The zero-order valence-electron chi connectivity index (χ0n) is 9.15. The van der Waals surface area contributed by atoms with Crippen molar-refractivity contribution in [1.29, 1.82) is 0 Å². The first-order valence-electron chi connectivity index (χ1n) is 5.39. The molecule has 0 aromatic carbocycles. The molecule has 0 radical (unpaired) electrons. The Labute approximate surface area is 99.8 Å². The Balaban J connectivity index is 2.00. The molecule has 2 atom stereocenters. The Kier molecular flexibility index (Phi) is 3.56. The van der Waals surface area contributed by atoms with Crippen LogP contribution in [0.1, 0.15) is 18.9 Å². The first-order chi connectivity index (χ1) is 7.66. The van der Waals surface area contributed by atoms with Crippen LogP contribution in [0.5, 0.6) is 0 Å². The van der Waals surface area contributed by atoms with Crippen LogP contribution in [0.3, 0.4) is 0 Å². The molecule has 1 aromatic heterocycles. The molecule has 1 saturated heterocycles. The van der Waals surface area contributed by atoms with E-state index in [0.717, 1.165) is 12.0 Å². The summed E-state index contributed by atoms with van der Waals surface area (Å²) in [5, 5.41) is 0.558. The highest BCUT2D eigenvalue weighted by atomic mass is 35.5. The SMILES string of the molecule is CC1CC(C(=O)Cc2ccncc2Cl)CO1. The second-order valence-electron chi connectivity index (χ2n) is 4.19. The lowest BCUT2D eigenvalue weighted by molar-refractivity contribution is -0.122. The second kappa shape index (κ2) is 4.93. The van der Waals surface area contributed by atoms with Gasteiger partial charge in [0, 0.05) is 24.7 Å². The van der Waals surface area contributed by atoms with Crippen molar-refractivity contribution in [2.45, 2.75) is 25.9 Å². The highest BCUT2D eigenvalue weighted by molar-refractivity contribution is 6.31. The molecule has 0 spiro atoms. The molecule has 2 unspecified atom stereocenters. The van der Waals surface area contributed by atoms with Gasteiger partial charge in [-0.1, -0.05) is 11.6 Å². The van der Waals surface area contributed by atoms with E-state index in [2.05, 4.69) is 4.98 Å². The standard InChI is InChI=1S/C12H14ClNO2/c1-8-4-10(7-16-8)12(15)5-9-2-3-14-6-11(9)13/h2-3,6,8,10H,4-5,7H2,1H3. The summed E-state index contributed by atoms with van der Waals surface area (Å²) in [6.45, 7) is 2.54. The number of pyridine rings is 1. The maximum atomic E-state index is 12.0. The summed E-state index contributed by atoms with van der Waals surface area (Å²) < 4.78 is 5.39. The van der Waals surface area contributed by atoms with Crippen LogP contribution in [0.25, 0.3) is 0 Å². The number of ether oxygens (including phenoxy) is 1. The van der Waals surface area contributed by atoms with Crippen molar-refractivity contribution >= 4 is 17.4 Å². The van der Waals surface area contributed by atoms with Crippen molar-refractivity contribution in [3.05, 3.63) is 29.0 Å². The molecule has 0 bridgehead atoms. The van der Waals surface area contributed by atoms with E-state index in [4.69, 9.17) is 16.3 Å². The Hall–Kier alpha value is -0.930. The van der Waals surface area contributed by atoms with Gasteiger partial charge in [0.25, 0.3) is 0 Å². The average molecular weight is 240 g/mol. The third-order valence-corrected chi connectivity index (χ3v) is 3.22. The van der Waals surface area contributed by atoms with Gasteiger partial charge in [0.2, 0.25) is 0 Å². The monoisotopic (exact) mass is 239 g/mol. The quantitative estimate of drug-likeness (QED) is 0.812. The molecule has 0 aliphatic carbocycles. The van der Waals surface area contributed by atoms with E-state index in [1.165, 1.54) is 0 Å². The molecule has 16 heavy (non-hydrogen) atoms. The summed E-state index contributed by atoms with van der Waals surface area (Å²) >= 11 is 5.96. The first-order valence-corrected chi connectivity index (χ1v) is 5.77. The summed E-state index contributed by atoms with van der Waals surface area (Å²) in [6, 6.07) is 1.79. The molecule has 1 fully saturated rings. The molecule has 2 heterocycles. The number of carbonyl (C=O) groups excluding carboxylic acids is 1. The smallest absolute Gasteiger partial charge is 0.142 e. The zero-order chi connectivity index (χ0) is 11.5. The first kappa shape index (κ1) is 11.6. The van der Waals surface area contributed by atoms with Crippen molar-refractivity contribution in [2.24, 2.45) is 5.92 Å². The molecular formula is C12H14ClNO2. The predicted molar refractivity (Wildman–Crippen MR) is 61.5 cm³/mol. The summed E-state index contributed by atoms with van der Waals surface area (Å²) in [6.07, 6.45) is 4.62. The summed E-state index contributed by atoms with van der Waals surface area (Å²) in [5.41, 5.74) is 0.848. The van der Waals surface area contributed by atoms with E-state index in [1.807, 2.05) is 6.92 Å². The second-order valence-corrected chi connectivity index (χ2v) is 4.59. The minimum absolute atomic E-state index is 0.0271. The fourth-order valence-electron chi connectivity index (χ4n) is 1.92. The number of aromatic nitrogens is 1. The molecule has 0 N–H and O–H groups in total. The van der Waals surface area contributed by atoms with Crippen LogP contribution < -0.4 is 0 Å². The highest BCUT2D eigenvalue weighted by Crippen LogP contribution is 2.23. The lowest BCUT2D eigenvalue weighted by Gasteiger charge is -2.07. The average Bonchev–Trinajstić information content (AvgIpc) is 2.68. The molecule has 0 saturated carbocycles. The summed E-state index contributed by atoms with van der Waals surface area (Å²) in [5.74, 6) is 0.233. The predicted octanol–water partition coefficient (Wildman–Crippen LogP) is 2.27. The number of Topliss-reactive ketones (excluding diaryl/α,β-unsaturated/α-hetero) is 1. The number of hydrogen-bond donors (Lipinski definition) is 0. The number of ketones is 1. The Bertz CT molecular complexity index is 394. The van der Waals surface area contributed by atoms with E-state index in [1.54, 1.807) is 18.5 Å². The van der Waals surface area contributed by atoms with Crippen LogP contribution in [0.15, 0.2) is 18.5 Å². The number of hydrogen-bond acceptors (Lipinski definition) is 3. The van der Waals surface area contributed by atoms with Crippen LogP contribution in [-0.2, 0) is 16.0 Å². The molecule has 1 aliphatic rings. The summed E-state index contributed by atoms with van der Waals surface area (Å²) in [7, 11) is 0. The van der Waals surface area contributed by atoms with Gasteiger partial charge in [0.1, 0.15) is 5.78 Å². The van der Waals surface area contributed by atoms with Crippen LogP contribution in [0.4, 0.5) is 0 Å². The van der Waals surface area contributed by atoms with E-state index in [9.17, 15) is 4.79 Å². The maximum Gasteiger partial charge on any atom is 0.142 e. The Morgan fingerprint density at radius 1 is 1.69 bits per heavy atom. The fraction of sp³-hybridized carbons (Fsp3) is 0.500. The number of halogens is 1. The molecule has 1 aliphatic heterocycles. The van der Waals surface area contributed by atoms with Crippen LogP contribution in [0.2, 0.25) is 5.02 Å². The van der Waals surface area contributed by atoms with Crippen molar-refractivity contribution < 1.29 is 9.53 Å². The minimum atomic E-state index is 0.0271. The molecule has 0 amide bonds. The molecule has 1 aromatic rings. The van der Waals surface area contributed by atoms with Gasteiger partial charge in [-0.25, -0.2) is 0 Å². The van der Waals surface area contributed by atoms with Gasteiger partial charge >= 0.3 is 0 Å². The van der Waals surface area contributed by atoms with E-state index in [0.29, 0.717) is 18.1 Å². The van der Waals surface area contributed by atoms with Crippen LogP contribution in [0, 0.1) is 5.92 Å². The molecule has 3 nitrogen and oxygen atoms in total. The van der Waals surface area contributed by atoms with Crippen LogP contribution in [-0.4, -0.2) is 23.5 Å².